The van der Waals surface area contributed by atoms with Gasteiger partial charge in [0.15, 0.2) is 0 Å². The predicted molar refractivity (Wildman–Crippen MR) is 91.9 cm³/mol. The third-order valence-corrected chi connectivity index (χ3v) is 5.78. The van der Waals surface area contributed by atoms with Crippen molar-refractivity contribution in [3.05, 3.63) is 18.0 Å². The molecule has 2 aromatic heterocycles. The molecule has 4 heterocycles. The first kappa shape index (κ1) is 15.6. The van der Waals surface area contributed by atoms with Crippen molar-refractivity contribution < 1.29 is 0 Å². The SMILES string of the molecule is Cn1c(C2CCc3nncn3C2)nnc1N1CCC(C(C)(C)C)C1. The van der Waals surface area contributed by atoms with Crippen LogP contribution in [0.25, 0.3) is 0 Å². The minimum absolute atomic E-state index is 0.352. The third kappa shape index (κ3) is 2.59. The zero-order valence-corrected chi connectivity index (χ0v) is 15.1. The Morgan fingerprint density at radius 2 is 1.92 bits per heavy atom. The Bertz CT molecular complexity index is 724. The summed E-state index contributed by atoms with van der Waals surface area (Å²) in [6, 6.07) is 0. The maximum Gasteiger partial charge on any atom is 0.226 e. The molecule has 1 saturated heterocycles. The number of aryl methyl sites for hydroxylation is 1. The van der Waals surface area contributed by atoms with Crippen LogP contribution in [0, 0.1) is 11.3 Å². The molecule has 1 fully saturated rings. The fourth-order valence-electron chi connectivity index (χ4n) is 4.08. The highest BCUT2D eigenvalue weighted by Crippen LogP contribution is 2.36. The van der Waals surface area contributed by atoms with E-state index in [0.717, 1.165) is 50.1 Å². The average molecular weight is 329 g/mol. The minimum Gasteiger partial charge on any atom is -0.341 e. The average Bonchev–Trinajstić information content (AvgIpc) is 3.24. The number of hydrogen-bond acceptors (Lipinski definition) is 5. The molecule has 0 amide bonds. The quantitative estimate of drug-likeness (QED) is 0.843. The molecule has 2 atom stereocenters. The van der Waals surface area contributed by atoms with Crippen molar-refractivity contribution in [3.8, 4) is 0 Å². The Morgan fingerprint density at radius 1 is 1.08 bits per heavy atom. The molecule has 0 saturated carbocycles. The number of aromatic nitrogens is 6. The van der Waals surface area contributed by atoms with Crippen LogP contribution in [0.5, 0.6) is 0 Å². The van der Waals surface area contributed by atoms with E-state index in [4.69, 9.17) is 0 Å². The topological polar surface area (TPSA) is 64.7 Å². The van der Waals surface area contributed by atoms with Gasteiger partial charge in [-0.15, -0.1) is 20.4 Å². The first-order chi connectivity index (χ1) is 11.4. The van der Waals surface area contributed by atoms with Crippen LogP contribution in [0.1, 0.15) is 51.2 Å². The Labute approximate surface area is 143 Å². The molecule has 7 nitrogen and oxygen atoms in total. The summed E-state index contributed by atoms with van der Waals surface area (Å²) < 4.78 is 4.35. The molecular formula is C17H27N7. The van der Waals surface area contributed by atoms with Gasteiger partial charge in [-0.3, -0.25) is 0 Å². The van der Waals surface area contributed by atoms with E-state index in [0.29, 0.717) is 17.3 Å². The zero-order chi connectivity index (χ0) is 16.9. The van der Waals surface area contributed by atoms with Crippen molar-refractivity contribution in [1.29, 1.82) is 0 Å². The standard InChI is InChI=1S/C17H27N7/c1-17(2,3)13-7-8-23(10-13)16-21-20-15(22(16)4)12-5-6-14-19-18-11-24(14)9-12/h11-13H,5-10H2,1-4H3. The Balaban J connectivity index is 1.52. The normalized spacial score (nSPS) is 24.4. The molecule has 2 aliphatic heterocycles. The monoisotopic (exact) mass is 329 g/mol. The predicted octanol–water partition coefficient (Wildman–Crippen LogP) is 2.01. The lowest BCUT2D eigenvalue weighted by atomic mass is 9.80. The number of fused-ring (bicyclic) bond motifs is 1. The third-order valence-electron chi connectivity index (χ3n) is 5.78. The molecule has 0 radical (unpaired) electrons. The Kier molecular flexibility index (Phi) is 3.62. The van der Waals surface area contributed by atoms with Gasteiger partial charge >= 0.3 is 0 Å². The van der Waals surface area contributed by atoms with Gasteiger partial charge < -0.3 is 14.0 Å². The summed E-state index contributed by atoms with van der Waals surface area (Å²) in [5, 5.41) is 17.3. The fraction of sp³-hybridized carbons (Fsp3) is 0.765. The van der Waals surface area contributed by atoms with Gasteiger partial charge in [-0.05, 0) is 24.2 Å². The number of rotatable bonds is 2. The van der Waals surface area contributed by atoms with E-state index in [2.05, 4.69) is 62.2 Å². The van der Waals surface area contributed by atoms with Gasteiger partial charge in [0.25, 0.3) is 0 Å². The van der Waals surface area contributed by atoms with Crippen molar-refractivity contribution in [2.24, 2.45) is 18.4 Å². The van der Waals surface area contributed by atoms with E-state index >= 15 is 0 Å². The van der Waals surface area contributed by atoms with Gasteiger partial charge in [-0.1, -0.05) is 20.8 Å². The Hall–Kier alpha value is -1.92. The molecule has 0 aliphatic carbocycles. The van der Waals surface area contributed by atoms with E-state index in [9.17, 15) is 0 Å². The molecule has 0 bridgehead atoms. The van der Waals surface area contributed by atoms with Crippen molar-refractivity contribution in [3.63, 3.8) is 0 Å². The summed E-state index contributed by atoms with van der Waals surface area (Å²) in [6.45, 7) is 10.1. The van der Waals surface area contributed by atoms with Crippen molar-refractivity contribution in [2.45, 2.75) is 52.5 Å². The van der Waals surface area contributed by atoms with Gasteiger partial charge in [-0.25, -0.2) is 0 Å². The highest BCUT2D eigenvalue weighted by atomic mass is 15.4. The van der Waals surface area contributed by atoms with Gasteiger partial charge in [-0.2, -0.15) is 0 Å². The lowest BCUT2D eigenvalue weighted by Gasteiger charge is -2.27. The molecule has 24 heavy (non-hydrogen) atoms. The lowest BCUT2D eigenvalue weighted by molar-refractivity contribution is 0.263. The van der Waals surface area contributed by atoms with E-state index in [1.54, 1.807) is 0 Å². The molecular weight excluding hydrogens is 302 g/mol. The van der Waals surface area contributed by atoms with Crippen LogP contribution in [0.3, 0.4) is 0 Å². The van der Waals surface area contributed by atoms with Crippen LogP contribution < -0.4 is 4.90 Å². The molecule has 0 aromatic carbocycles. The minimum atomic E-state index is 0.352. The highest BCUT2D eigenvalue weighted by molar-refractivity contribution is 5.33. The molecule has 4 rings (SSSR count). The van der Waals surface area contributed by atoms with Crippen LogP contribution in [-0.4, -0.2) is 42.6 Å². The van der Waals surface area contributed by atoms with Crippen molar-refractivity contribution >= 4 is 5.95 Å². The molecule has 2 unspecified atom stereocenters. The van der Waals surface area contributed by atoms with Crippen LogP contribution >= 0.6 is 0 Å². The van der Waals surface area contributed by atoms with Crippen LogP contribution in [0.4, 0.5) is 5.95 Å². The number of nitrogens with zero attached hydrogens (tertiary/aromatic N) is 7. The first-order valence-electron chi connectivity index (χ1n) is 8.94. The summed E-state index contributed by atoms with van der Waals surface area (Å²) in [6.07, 6.45) is 5.09. The van der Waals surface area contributed by atoms with Crippen LogP contribution in [0.2, 0.25) is 0 Å². The summed E-state index contributed by atoms with van der Waals surface area (Å²) in [5.74, 6) is 4.30. The number of anilines is 1. The smallest absolute Gasteiger partial charge is 0.226 e. The molecule has 130 valence electrons. The van der Waals surface area contributed by atoms with Gasteiger partial charge in [0.1, 0.15) is 18.0 Å². The van der Waals surface area contributed by atoms with Crippen molar-refractivity contribution in [2.75, 3.05) is 18.0 Å². The van der Waals surface area contributed by atoms with Gasteiger partial charge in [0.2, 0.25) is 5.95 Å². The van der Waals surface area contributed by atoms with Crippen molar-refractivity contribution in [1.82, 2.24) is 29.5 Å². The second-order valence-electron chi connectivity index (χ2n) is 8.35. The van der Waals surface area contributed by atoms with Gasteiger partial charge in [0, 0.05) is 39.0 Å². The zero-order valence-electron chi connectivity index (χ0n) is 15.1. The van der Waals surface area contributed by atoms with Gasteiger partial charge in [0.05, 0.1) is 0 Å². The second kappa shape index (κ2) is 5.57. The summed E-state index contributed by atoms with van der Waals surface area (Å²) >= 11 is 0. The number of hydrogen-bond donors (Lipinski definition) is 0. The van der Waals surface area contributed by atoms with Crippen LogP contribution in [0.15, 0.2) is 6.33 Å². The fourth-order valence-corrected chi connectivity index (χ4v) is 4.08. The molecule has 0 N–H and O–H groups in total. The molecule has 7 heteroatoms. The summed E-state index contributed by atoms with van der Waals surface area (Å²) in [7, 11) is 2.11. The molecule has 2 aromatic rings. The van der Waals surface area contributed by atoms with E-state index in [1.165, 1.54) is 6.42 Å². The van der Waals surface area contributed by atoms with E-state index in [-0.39, 0.29) is 0 Å². The lowest BCUT2D eigenvalue weighted by Crippen LogP contribution is -2.28. The van der Waals surface area contributed by atoms with E-state index < -0.39 is 0 Å². The highest BCUT2D eigenvalue weighted by Gasteiger charge is 2.34. The maximum absolute atomic E-state index is 4.55. The molecule has 0 spiro atoms. The maximum atomic E-state index is 4.55. The Morgan fingerprint density at radius 3 is 2.67 bits per heavy atom. The first-order valence-corrected chi connectivity index (χ1v) is 8.94. The van der Waals surface area contributed by atoms with E-state index in [1.807, 2.05) is 6.33 Å². The second-order valence-corrected chi connectivity index (χ2v) is 8.35. The van der Waals surface area contributed by atoms with Crippen LogP contribution in [-0.2, 0) is 20.0 Å². The molecule has 2 aliphatic rings. The summed E-state index contributed by atoms with van der Waals surface area (Å²) in [5.41, 5.74) is 0.352. The summed E-state index contributed by atoms with van der Waals surface area (Å²) in [4.78, 5) is 2.40. The largest absolute Gasteiger partial charge is 0.341 e.